The topological polar surface area (TPSA) is 76.3 Å². The van der Waals surface area contributed by atoms with E-state index >= 15 is 0 Å². The summed E-state index contributed by atoms with van der Waals surface area (Å²) in [6.07, 6.45) is -1.21. The summed E-state index contributed by atoms with van der Waals surface area (Å²) >= 11 is 0. The molecule has 4 heteroatoms. The van der Waals surface area contributed by atoms with Gasteiger partial charge in [0, 0.05) is 0 Å². The molecule has 0 aliphatic heterocycles. The van der Waals surface area contributed by atoms with Crippen molar-refractivity contribution < 1.29 is 10.2 Å². The number of nitrogens with zero attached hydrogens (tertiary/aromatic N) is 1. The second kappa shape index (κ2) is 8.25. The van der Waals surface area contributed by atoms with Crippen LogP contribution in [0.1, 0.15) is 17.2 Å². The highest BCUT2D eigenvalue weighted by atomic mass is 16.3. The SMILES string of the molecule is C=C[C@@H](O)[C@H](O)C(C#N)NC(c1ccccc1)c1ccccc1. The zero-order valence-electron chi connectivity index (χ0n) is 12.7. The van der Waals surface area contributed by atoms with Crippen LogP contribution in [0, 0.1) is 11.3 Å². The van der Waals surface area contributed by atoms with Crippen LogP contribution in [-0.4, -0.2) is 28.5 Å². The fraction of sp³-hybridized carbons (Fsp3) is 0.211. The monoisotopic (exact) mass is 308 g/mol. The maximum absolute atomic E-state index is 10.1. The Kier molecular flexibility index (Phi) is 6.07. The number of hydrogen-bond acceptors (Lipinski definition) is 4. The molecule has 0 aliphatic carbocycles. The molecular weight excluding hydrogens is 288 g/mol. The molecule has 3 N–H and O–H groups in total. The van der Waals surface area contributed by atoms with Crippen LogP contribution in [0.4, 0.5) is 0 Å². The Bertz CT molecular complexity index is 613. The number of aliphatic hydroxyl groups is 2. The number of rotatable bonds is 7. The molecule has 0 radical (unpaired) electrons. The molecule has 0 amide bonds. The van der Waals surface area contributed by atoms with Crippen molar-refractivity contribution in [2.75, 3.05) is 0 Å². The van der Waals surface area contributed by atoms with Gasteiger partial charge in [0.2, 0.25) is 0 Å². The first-order valence-corrected chi connectivity index (χ1v) is 7.41. The molecule has 0 aliphatic rings. The molecule has 4 nitrogen and oxygen atoms in total. The van der Waals surface area contributed by atoms with Crippen molar-refractivity contribution >= 4 is 0 Å². The van der Waals surface area contributed by atoms with Crippen LogP contribution in [0.3, 0.4) is 0 Å². The van der Waals surface area contributed by atoms with E-state index in [1.54, 1.807) is 0 Å². The van der Waals surface area contributed by atoms with Crippen LogP contribution in [0.15, 0.2) is 73.3 Å². The van der Waals surface area contributed by atoms with Gasteiger partial charge in [-0.2, -0.15) is 5.26 Å². The molecule has 0 bridgehead atoms. The van der Waals surface area contributed by atoms with Gasteiger partial charge in [-0.05, 0) is 11.1 Å². The lowest BCUT2D eigenvalue weighted by Gasteiger charge is -2.27. The Morgan fingerprint density at radius 1 is 0.957 bits per heavy atom. The zero-order chi connectivity index (χ0) is 16.7. The molecule has 2 aromatic carbocycles. The second-order valence-electron chi connectivity index (χ2n) is 5.24. The second-order valence-corrected chi connectivity index (χ2v) is 5.24. The highest BCUT2D eigenvalue weighted by Crippen LogP contribution is 2.23. The summed E-state index contributed by atoms with van der Waals surface area (Å²) in [7, 11) is 0. The first kappa shape index (κ1) is 16.9. The Morgan fingerprint density at radius 2 is 1.43 bits per heavy atom. The van der Waals surface area contributed by atoms with Gasteiger partial charge in [0.15, 0.2) is 0 Å². The van der Waals surface area contributed by atoms with E-state index < -0.39 is 18.2 Å². The largest absolute Gasteiger partial charge is 0.387 e. The molecule has 0 saturated carbocycles. The molecular formula is C19H20N2O2. The molecule has 3 atom stereocenters. The van der Waals surface area contributed by atoms with Gasteiger partial charge in [0.25, 0.3) is 0 Å². The van der Waals surface area contributed by atoms with Gasteiger partial charge in [0.1, 0.15) is 18.2 Å². The molecule has 0 heterocycles. The van der Waals surface area contributed by atoms with Gasteiger partial charge < -0.3 is 10.2 Å². The number of aliphatic hydroxyl groups excluding tert-OH is 2. The predicted molar refractivity (Wildman–Crippen MR) is 89.5 cm³/mol. The minimum Gasteiger partial charge on any atom is -0.387 e. The molecule has 0 aromatic heterocycles. The number of hydrogen-bond donors (Lipinski definition) is 3. The summed E-state index contributed by atoms with van der Waals surface area (Å²) in [6.45, 7) is 3.45. The van der Waals surface area contributed by atoms with Crippen molar-refractivity contribution in [1.29, 1.82) is 5.26 Å². The van der Waals surface area contributed by atoms with Crippen LogP contribution < -0.4 is 5.32 Å². The average Bonchev–Trinajstić information content (AvgIpc) is 2.63. The van der Waals surface area contributed by atoms with Crippen molar-refractivity contribution in [1.82, 2.24) is 5.32 Å². The third-order valence-corrected chi connectivity index (χ3v) is 3.68. The first-order valence-electron chi connectivity index (χ1n) is 7.41. The van der Waals surface area contributed by atoms with E-state index in [2.05, 4.69) is 11.9 Å². The Balaban J connectivity index is 2.31. The van der Waals surface area contributed by atoms with Crippen molar-refractivity contribution in [3.05, 3.63) is 84.4 Å². The molecule has 23 heavy (non-hydrogen) atoms. The molecule has 0 fully saturated rings. The van der Waals surface area contributed by atoms with E-state index in [-0.39, 0.29) is 6.04 Å². The normalized spacial score (nSPS) is 14.7. The van der Waals surface area contributed by atoms with Gasteiger partial charge in [-0.1, -0.05) is 66.7 Å². The molecule has 0 spiro atoms. The van der Waals surface area contributed by atoms with E-state index in [0.29, 0.717) is 0 Å². The summed E-state index contributed by atoms with van der Waals surface area (Å²) < 4.78 is 0. The van der Waals surface area contributed by atoms with Crippen molar-refractivity contribution in [3.8, 4) is 6.07 Å². The van der Waals surface area contributed by atoms with E-state index in [9.17, 15) is 15.5 Å². The third-order valence-electron chi connectivity index (χ3n) is 3.68. The Labute approximate surface area is 136 Å². The summed E-state index contributed by atoms with van der Waals surface area (Å²) in [5, 5.41) is 32.3. The molecule has 1 unspecified atom stereocenters. The van der Waals surface area contributed by atoms with Crippen LogP contribution in [0.25, 0.3) is 0 Å². The summed E-state index contributed by atoms with van der Waals surface area (Å²) in [5.74, 6) is 0. The molecule has 118 valence electrons. The standard InChI is InChI=1S/C19H20N2O2/c1-2-17(22)19(23)16(13-20)21-18(14-9-5-3-6-10-14)15-11-7-4-8-12-15/h2-12,16-19,21-23H,1H2/t16?,17-,19-/m1/s1. The van der Waals surface area contributed by atoms with Crippen LogP contribution in [-0.2, 0) is 0 Å². The molecule has 0 saturated heterocycles. The first-order chi connectivity index (χ1) is 11.2. The summed E-state index contributed by atoms with van der Waals surface area (Å²) in [6, 6.07) is 20.1. The van der Waals surface area contributed by atoms with Gasteiger partial charge in [-0.25, -0.2) is 0 Å². The van der Waals surface area contributed by atoms with E-state index in [4.69, 9.17) is 0 Å². The van der Waals surface area contributed by atoms with E-state index in [1.165, 1.54) is 6.08 Å². The zero-order valence-corrected chi connectivity index (χ0v) is 12.7. The predicted octanol–water partition coefficient (Wildman–Crippen LogP) is 2.17. The Morgan fingerprint density at radius 3 is 1.83 bits per heavy atom. The molecule has 2 aromatic rings. The lowest BCUT2D eigenvalue weighted by atomic mass is 9.96. The smallest absolute Gasteiger partial charge is 0.125 e. The molecule has 2 rings (SSSR count). The highest BCUT2D eigenvalue weighted by Gasteiger charge is 2.27. The van der Waals surface area contributed by atoms with Crippen molar-refractivity contribution in [3.63, 3.8) is 0 Å². The number of benzene rings is 2. The number of nitrogens with one attached hydrogen (secondary N) is 1. The van der Waals surface area contributed by atoms with Crippen LogP contribution in [0.5, 0.6) is 0 Å². The van der Waals surface area contributed by atoms with Crippen LogP contribution >= 0.6 is 0 Å². The minimum atomic E-state index is -1.26. The lowest BCUT2D eigenvalue weighted by molar-refractivity contribution is 0.0331. The lowest BCUT2D eigenvalue weighted by Crippen LogP contribution is -2.46. The van der Waals surface area contributed by atoms with Gasteiger partial charge in [-0.15, -0.1) is 6.58 Å². The fourth-order valence-electron chi connectivity index (χ4n) is 2.40. The Hall–Kier alpha value is -2.45. The van der Waals surface area contributed by atoms with Gasteiger partial charge in [0.05, 0.1) is 12.1 Å². The van der Waals surface area contributed by atoms with Gasteiger partial charge in [-0.3, -0.25) is 5.32 Å². The third kappa shape index (κ3) is 4.27. The summed E-state index contributed by atoms with van der Waals surface area (Å²) in [4.78, 5) is 0. The quantitative estimate of drug-likeness (QED) is 0.685. The number of nitriles is 1. The fourth-order valence-corrected chi connectivity index (χ4v) is 2.40. The maximum atomic E-state index is 10.1. The van der Waals surface area contributed by atoms with Crippen molar-refractivity contribution in [2.24, 2.45) is 0 Å². The van der Waals surface area contributed by atoms with Crippen molar-refractivity contribution in [2.45, 2.75) is 24.3 Å². The summed E-state index contributed by atoms with van der Waals surface area (Å²) in [5.41, 5.74) is 1.94. The minimum absolute atomic E-state index is 0.270. The van der Waals surface area contributed by atoms with E-state index in [1.807, 2.05) is 66.7 Å². The maximum Gasteiger partial charge on any atom is 0.125 e. The van der Waals surface area contributed by atoms with Crippen LogP contribution in [0.2, 0.25) is 0 Å². The highest BCUT2D eigenvalue weighted by molar-refractivity contribution is 5.32. The van der Waals surface area contributed by atoms with Gasteiger partial charge >= 0.3 is 0 Å². The van der Waals surface area contributed by atoms with E-state index in [0.717, 1.165) is 11.1 Å². The average molecular weight is 308 g/mol.